The molecule has 1 fully saturated rings. The molecule has 1 unspecified atom stereocenters. The van der Waals surface area contributed by atoms with Crippen molar-refractivity contribution < 1.29 is 0 Å². The van der Waals surface area contributed by atoms with E-state index in [1.165, 1.54) is 32.1 Å². The van der Waals surface area contributed by atoms with Crippen LogP contribution in [0.5, 0.6) is 0 Å². The van der Waals surface area contributed by atoms with Crippen LogP contribution in [0.1, 0.15) is 44.6 Å². The first-order valence-corrected chi connectivity index (χ1v) is 8.30. The average Bonchev–Trinajstić information content (AvgIpc) is 2.64. The van der Waals surface area contributed by atoms with Gasteiger partial charge in [0.25, 0.3) is 0 Å². The van der Waals surface area contributed by atoms with Crippen molar-refractivity contribution in [3.05, 3.63) is 28.2 Å². The van der Waals surface area contributed by atoms with Gasteiger partial charge in [-0.05, 0) is 53.2 Å². The fourth-order valence-electron chi connectivity index (χ4n) is 3.15. The zero-order valence-electron chi connectivity index (χ0n) is 12.2. The van der Waals surface area contributed by atoms with Crippen LogP contribution in [0.25, 0.3) is 0 Å². The highest BCUT2D eigenvalue weighted by molar-refractivity contribution is 9.10. The van der Waals surface area contributed by atoms with Crippen molar-refractivity contribution in [1.82, 2.24) is 0 Å². The number of amidine groups is 1. The van der Waals surface area contributed by atoms with E-state index in [0.717, 1.165) is 34.7 Å². The Labute approximate surface area is 130 Å². The molecule has 3 nitrogen and oxygen atoms in total. The summed E-state index contributed by atoms with van der Waals surface area (Å²) in [5.41, 5.74) is 7.70. The van der Waals surface area contributed by atoms with Crippen LogP contribution in [0.3, 0.4) is 0 Å². The molecule has 1 aliphatic rings. The van der Waals surface area contributed by atoms with Crippen LogP contribution in [-0.2, 0) is 0 Å². The molecule has 1 heterocycles. The van der Waals surface area contributed by atoms with Gasteiger partial charge < -0.3 is 10.6 Å². The van der Waals surface area contributed by atoms with E-state index < -0.39 is 0 Å². The zero-order chi connectivity index (χ0) is 14.5. The fraction of sp³-hybridized carbons (Fsp3) is 0.562. The van der Waals surface area contributed by atoms with Crippen molar-refractivity contribution >= 4 is 27.5 Å². The molecule has 0 bridgehead atoms. The number of hydrogen-bond donors (Lipinski definition) is 2. The van der Waals surface area contributed by atoms with Crippen molar-refractivity contribution in [1.29, 1.82) is 5.41 Å². The number of rotatable bonds is 4. The van der Waals surface area contributed by atoms with E-state index in [1.807, 2.05) is 12.1 Å². The second-order valence-corrected chi connectivity index (χ2v) is 6.47. The Morgan fingerprint density at radius 2 is 2.20 bits per heavy atom. The van der Waals surface area contributed by atoms with Crippen molar-refractivity contribution in [2.24, 2.45) is 11.7 Å². The lowest BCUT2D eigenvalue weighted by Gasteiger charge is -2.26. The first-order chi connectivity index (χ1) is 9.63. The second-order valence-electron chi connectivity index (χ2n) is 5.62. The van der Waals surface area contributed by atoms with Gasteiger partial charge in [-0.1, -0.05) is 25.8 Å². The Morgan fingerprint density at radius 3 is 2.90 bits per heavy atom. The van der Waals surface area contributed by atoms with E-state index in [1.54, 1.807) is 0 Å². The minimum atomic E-state index is 0.141. The number of nitrogens with zero attached hydrogens (tertiary/aromatic N) is 1. The van der Waals surface area contributed by atoms with E-state index in [2.05, 4.69) is 33.8 Å². The van der Waals surface area contributed by atoms with Gasteiger partial charge in [-0.25, -0.2) is 0 Å². The van der Waals surface area contributed by atoms with Crippen LogP contribution in [0.2, 0.25) is 0 Å². The van der Waals surface area contributed by atoms with Crippen LogP contribution >= 0.6 is 15.9 Å². The Bertz CT molecular complexity index is 473. The molecule has 1 saturated heterocycles. The van der Waals surface area contributed by atoms with Crippen LogP contribution in [-0.4, -0.2) is 18.9 Å². The van der Waals surface area contributed by atoms with Gasteiger partial charge in [0, 0.05) is 23.2 Å². The van der Waals surface area contributed by atoms with Gasteiger partial charge in [0.2, 0.25) is 0 Å². The number of benzene rings is 1. The molecule has 1 aromatic rings. The summed E-state index contributed by atoms with van der Waals surface area (Å²) in [5.74, 6) is 1.000. The lowest BCUT2D eigenvalue weighted by molar-refractivity contribution is 0.435. The number of nitrogens with one attached hydrogen (secondary N) is 1. The quantitative estimate of drug-likeness (QED) is 0.640. The maximum Gasteiger partial charge on any atom is 0.126 e. The average molecular weight is 338 g/mol. The molecule has 0 aromatic heterocycles. The number of nitrogens with two attached hydrogens (primary N) is 1. The largest absolute Gasteiger partial charge is 0.384 e. The van der Waals surface area contributed by atoms with E-state index in [4.69, 9.17) is 11.1 Å². The molecule has 0 saturated carbocycles. The minimum Gasteiger partial charge on any atom is -0.384 e. The predicted molar refractivity (Wildman–Crippen MR) is 89.6 cm³/mol. The van der Waals surface area contributed by atoms with E-state index in [9.17, 15) is 0 Å². The molecule has 0 amide bonds. The summed E-state index contributed by atoms with van der Waals surface area (Å²) in [6, 6.07) is 6.07. The van der Waals surface area contributed by atoms with Gasteiger partial charge in [-0.3, -0.25) is 5.41 Å². The number of nitrogen functional groups attached to an aromatic ring is 1. The fourth-order valence-corrected chi connectivity index (χ4v) is 3.72. The number of anilines is 1. The molecule has 1 atom stereocenters. The molecule has 110 valence electrons. The Balaban J connectivity index is 2.20. The van der Waals surface area contributed by atoms with Gasteiger partial charge in [0.05, 0.1) is 5.56 Å². The Morgan fingerprint density at radius 1 is 1.40 bits per heavy atom. The van der Waals surface area contributed by atoms with Crippen molar-refractivity contribution in [3.8, 4) is 0 Å². The molecule has 0 aliphatic carbocycles. The van der Waals surface area contributed by atoms with Gasteiger partial charge >= 0.3 is 0 Å². The normalized spacial score (nSPS) is 19.7. The summed E-state index contributed by atoms with van der Waals surface area (Å²) >= 11 is 3.52. The van der Waals surface area contributed by atoms with Crippen molar-refractivity contribution in [2.75, 3.05) is 18.0 Å². The third-order valence-corrected chi connectivity index (χ3v) is 4.81. The van der Waals surface area contributed by atoms with E-state index in [0.29, 0.717) is 0 Å². The van der Waals surface area contributed by atoms with Crippen LogP contribution < -0.4 is 10.6 Å². The predicted octanol–water partition coefficient (Wildman–Crippen LogP) is 4.14. The lowest BCUT2D eigenvalue weighted by atomic mass is 9.96. The highest BCUT2D eigenvalue weighted by atomic mass is 79.9. The van der Waals surface area contributed by atoms with Crippen molar-refractivity contribution in [2.45, 2.75) is 39.0 Å². The maximum absolute atomic E-state index is 7.82. The third-order valence-electron chi connectivity index (χ3n) is 4.15. The molecule has 1 aliphatic heterocycles. The summed E-state index contributed by atoms with van der Waals surface area (Å²) in [6.45, 7) is 4.41. The minimum absolute atomic E-state index is 0.141. The summed E-state index contributed by atoms with van der Waals surface area (Å²) in [5, 5.41) is 7.82. The summed E-state index contributed by atoms with van der Waals surface area (Å²) in [4.78, 5) is 2.40. The van der Waals surface area contributed by atoms with Gasteiger partial charge in [-0.15, -0.1) is 0 Å². The molecule has 20 heavy (non-hydrogen) atoms. The van der Waals surface area contributed by atoms with E-state index >= 15 is 0 Å². The maximum atomic E-state index is 7.82. The smallest absolute Gasteiger partial charge is 0.126 e. The van der Waals surface area contributed by atoms with E-state index in [-0.39, 0.29) is 5.84 Å². The topological polar surface area (TPSA) is 53.1 Å². The van der Waals surface area contributed by atoms with Crippen LogP contribution in [0.4, 0.5) is 5.69 Å². The lowest BCUT2D eigenvalue weighted by Crippen LogP contribution is -2.27. The number of halogens is 1. The van der Waals surface area contributed by atoms with Crippen LogP contribution in [0, 0.1) is 11.3 Å². The van der Waals surface area contributed by atoms with Crippen LogP contribution in [0.15, 0.2) is 22.7 Å². The Kier molecular flexibility index (Phi) is 5.46. The van der Waals surface area contributed by atoms with Gasteiger partial charge in [-0.2, -0.15) is 0 Å². The SMILES string of the molecule is CCCC1CCCN(c2cccc(Br)c2C(=N)N)CC1. The molecular formula is C16H24BrN3. The molecule has 0 radical (unpaired) electrons. The molecule has 0 spiro atoms. The first kappa shape index (κ1) is 15.4. The van der Waals surface area contributed by atoms with Gasteiger partial charge in [0.1, 0.15) is 5.84 Å². The number of hydrogen-bond acceptors (Lipinski definition) is 2. The highest BCUT2D eigenvalue weighted by Crippen LogP contribution is 2.31. The second kappa shape index (κ2) is 7.11. The molecule has 1 aromatic carbocycles. The molecule has 4 heteroatoms. The molecule has 2 rings (SSSR count). The molecule has 3 N–H and O–H groups in total. The standard InChI is InChI=1S/C16H24BrN3/c1-2-5-12-6-4-10-20(11-9-12)14-8-3-7-13(17)15(14)16(18)19/h3,7-8,12H,2,4-6,9-11H2,1H3,(H3,18,19). The summed E-state index contributed by atoms with van der Waals surface area (Å²) in [7, 11) is 0. The Hall–Kier alpha value is -1.03. The molecular weight excluding hydrogens is 314 g/mol. The third kappa shape index (κ3) is 3.54. The highest BCUT2D eigenvalue weighted by Gasteiger charge is 2.20. The van der Waals surface area contributed by atoms with Crippen molar-refractivity contribution in [3.63, 3.8) is 0 Å². The zero-order valence-corrected chi connectivity index (χ0v) is 13.7. The van der Waals surface area contributed by atoms with Gasteiger partial charge in [0.15, 0.2) is 0 Å². The monoisotopic (exact) mass is 337 g/mol. The summed E-state index contributed by atoms with van der Waals surface area (Å²) < 4.78 is 0.914. The summed E-state index contributed by atoms with van der Waals surface area (Å²) in [6.07, 6.45) is 6.42. The first-order valence-electron chi connectivity index (χ1n) is 7.51.